The number of nitrogens with zero attached hydrogens (tertiary/aromatic N) is 1. The Morgan fingerprint density at radius 2 is 2.12 bits per heavy atom. The number of aromatic nitrogens is 1. The number of amides is 2. The van der Waals surface area contributed by atoms with Crippen LogP contribution in [0.15, 0.2) is 18.3 Å². The van der Waals surface area contributed by atoms with Crippen LogP contribution in [0.5, 0.6) is 0 Å². The van der Waals surface area contributed by atoms with E-state index in [2.05, 4.69) is 15.8 Å². The van der Waals surface area contributed by atoms with Gasteiger partial charge in [0.05, 0.1) is 0 Å². The number of hydrazine groups is 1. The second-order valence-corrected chi connectivity index (χ2v) is 4.01. The number of nitrogens with one attached hydrogen (secondary N) is 2. The van der Waals surface area contributed by atoms with Gasteiger partial charge in [0, 0.05) is 17.1 Å². The maximum absolute atomic E-state index is 11.5. The molecule has 0 aliphatic heterocycles. The van der Waals surface area contributed by atoms with Crippen molar-refractivity contribution in [2.45, 2.75) is 12.8 Å². The van der Waals surface area contributed by atoms with Crippen molar-refractivity contribution in [2.24, 2.45) is 5.92 Å². The first-order valence-corrected chi connectivity index (χ1v) is 5.26. The van der Waals surface area contributed by atoms with Crippen molar-refractivity contribution < 1.29 is 9.59 Å². The zero-order valence-electron chi connectivity index (χ0n) is 8.37. The number of halogens is 1. The summed E-state index contributed by atoms with van der Waals surface area (Å²) in [4.78, 5) is 26.6. The van der Waals surface area contributed by atoms with Gasteiger partial charge < -0.3 is 0 Å². The Labute approximate surface area is 97.2 Å². The number of rotatable bonds is 2. The molecule has 0 radical (unpaired) electrons. The molecule has 84 valence electrons. The van der Waals surface area contributed by atoms with Gasteiger partial charge in [-0.25, -0.2) is 0 Å². The van der Waals surface area contributed by atoms with Gasteiger partial charge in [0.2, 0.25) is 5.91 Å². The van der Waals surface area contributed by atoms with Crippen LogP contribution in [0.2, 0.25) is 5.02 Å². The van der Waals surface area contributed by atoms with E-state index in [9.17, 15) is 9.59 Å². The highest BCUT2D eigenvalue weighted by molar-refractivity contribution is 6.30. The monoisotopic (exact) mass is 239 g/mol. The van der Waals surface area contributed by atoms with E-state index in [1.807, 2.05) is 0 Å². The molecule has 1 aliphatic carbocycles. The molecule has 0 bridgehead atoms. The van der Waals surface area contributed by atoms with Gasteiger partial charge in [-0.05, 0) is 25.0 Å². The number of carbonyl (C=O) groups is 2. The van der Waals surface area contributed by atoms with Crippen LogP contribution >= 0.6 is 11.6 Å². The average molecular weight is 240 g/mol. The molecular formula is C10H10ClN3O2. The summed E-state index contributed by atoms with van der Waals surface area (Å²) >= 11 is 5.70. The van der Waals surface area contributed by atoms with Crippen molar-refractivity contribution >= 4 is 23.4 Å². The molecule has 1 saturated carbocycles. The second kappa shape index (κ2) is 4.49. The van der Waals surface area contributed by atoms with E-state index in [0.29, 0.717) is 5.02 Å². The molecule has 2 rings (SSSR count). The number of hydrogen-bond donors (Lipinski definition) is 2. The van der Waals surface area contributed by atoms with Crippen LogP contribution in [0.1, 0.15) is 23.3 Å². The quantitative estimate of drug-likeness (QED) is 0.754. The lowest BCUT2D eigenvalue weighted by Crippen LogP contribution is -2.42. The summed E-state index contributed by atoms with van der Waals surface area (Å²) in [6.07, 6.45) is 3.20. The molecule has 1 heterocycles. The van der Waals surface area contributed by atoms with Gasteiger partial charge in [0.25, 0.3) is 5.91 Å². The lowest BCUT2D eigenvalue weighted by molar-refractivity contribution is -0.123. The minimum Gasteiger partial charge on any atom is -0.273 e. The molecule has 1 aliphatic rings. The fourth-order valence-corrected chi connectivity index (χ4v) is 1.32. The van der Waals surface area contributed by atoms with Gasteiger partial charge in [0.15, 0.2) is 0 Å². The summed E-state index contributed by atoms with van der Waals surface area (Å²) in [5.74, 6) is -0.584. The highest BCUT2D eigenvalue weighted by atomic mass is 35.5. The van der Waals surface area contributed by atoms with Crippen molar-refractivity contribution in [3.63, 3.8) is 0 Å². The van der Waals surface area contributed by atoms with E-state index < -0.39 is 5.91 Å². The summed E-state index contributed by atoms with van der Waals surface area (Å²) in [5, 5.41) is 0.425. The van der Waals surface area contributed by atoms with E-state index in [1.54, 1.807) is 6.07 Å². The summed E-state index contributed by atoms with van der Waals surface area (Å²) in [7, 11) is 0. The summed E-state index contributed by atoms with van der Waals surface area (Å²) in [6.45, 7) is 0. The van der Waals surface area contributed by atoms with Crippen LogP contribution in [-0.4, -0.2) is 16.8 Å². The molecule has 1 aromatic rings. The Morgan fingerprint density at radius 3 is 2.75 bits per heavy atom. The van der Waals surface area contributed by atoms with Crippen LogP contribution in [0.3, 0.4) is 0 Å². The SMILES string of the molecule is O=C(NNC(=O)C1CC1)c1cc(Cl)ccn1. The molecular weight excluding hydrogens is 230 g/mol. The molecule has 5 nitrogen and oxygen atoms in total. The molecule has 0 spiro atoms. The highest BCUT2D eigenvalue weighted by Crippen LogP contribution is 2.28. The molecule has 0 atom stereocenters. The van der Waals surface area contributed by atoms with Gasteiger partial charge in [-0.1, -0.05) is 11.6 Å². The summed E-state index contributed by atoms with van der Waals surface area (Å²) in [5.41, 5.74) is 4.80. The third kappa shape index (κ3) is 2.70. The zero-order valence-corrected chi connectivity index (χ0v) is 9.12. The number of hydrogen-bond acceptors (Lipinski definition) is 3. The maximum atomic E-state index is 11.5. The number of pyridine rings is 1. The van der Waals surface area contributed by atoms with E-state index in [1.165, 1.54) is 12.3 Å². The number of carbonyl (C=O) groups excluding carboxylic acids is 2. The van der Waals surface area contributed by atoms with Gasteiger partial charge in [-0.3, -0.25) is 25.4 Å². The van der Waals surface area contributed by atoms with E-state index in [4.69, 9.17) is 11.6 Å². The van der Waals surface area contributed by atoms with Crippen LogP contribution in [0.25, 0.3) is 0 Å². The largest absolute Gasteiger partial charge is 0.288 e. The van der Waals surface area contributed by atoms with E-state index >= 15 is 0 Å². The smallest absolute Gasteiger partial charge is 0.273 e. The topological polar surface area (TPSA) is 71.1 Å². The Hall–Kier alpha value is -1.62. The van der Waals surface area contributed by atoms with Crippen molar-refractivity contribution in [3.8, 4) is 0 Å². The minimum atomic E-state index is -0.475. The fraction of sp³-hybridized carbons (Fsp3) is 0.300. The Bertz CT molecular complexity index is 432. The van der Waals surface area contributed by atoms with Crippen LogP contribution in [-0.2, 0) is 4.79 Å². The van der Waals surface area contributed by atoms with Crippen molar-refractivity contribution in [1.29, 1.82) is 0 Å². The first-order valence-electron chi connectivity index (χ1n) is 4.88. The van der Waals surface area contributed by atoms with Gasteiger partial charge >= 0.3 is 0 Å². The minimum absolute atomic E-state index is 0.0487. The molecule has 2 amide bonds. The Morgan fingerprint density at radius 1 is 1.38 bits per heavy atom. The molecule has 0 aromatic carbocycles. The van der Waals surface area contributed by atoms with Crippen LogP contribution < -0.4 is 10.9 Å². The van der Waals surface area contributed by atoms with Gasteiger partial charge in [-0.15, -0.1) is 0 Å². The van der Waals surface area contributed by atoms with Gasteiger partial charge in [-0.2, -0.15) is 0 Å². The predicted molar refractivity (Wildman–Crippen MR) is 57.6 cm³/mol. The normalized spacial score (nSPS) is 14.3. The van der Waals surface area contributed by atoms with Crippen molar-refractivity contribution in [1.82, 2.24) is 15.8 Å². The van der Waals surface area contributed by atoms with E-state index in [0.717, 1.165) is 12.8 Å². The average Bonchev–Trinajstić information content (AvgIpc) is 3.09. The Kier molecular flexibility index (Phi) is 3.05. The van der Waals surface area contributed by atoms with Crippen LogP contribution in [0, 0.1) is 5.92 Å². The molecule has 2 N–H and O–H groups in total. The Balaban J connectivity index is 1.89. The van der Waals surface area contributed by atoms with Gasteiger partial charge in [0.1, 0.15) is 5.69 Å². The summed E-state index contributed by atoms with van der Waals surface area (Å²) < 4.78 is 0. The standard InChI is InChI=1S/C10H10ClN3O2/c11-7-3-4-12-8(5-7)10(16)14-13-9(15)6-1-2-6/h3-6H,1-2H2,(H,13,15)(H,14,16). The second-order valence-electron chi connectivity index (χ2n) is 3.58. The van der Waals surface area contributed by atoms with Crippen LogP contribution in [0.4, 0.5) is 0 Å². The fourth-order valence-electron chi connectivity index (χ4n) is 1.16. The summed E-state index contributed by atoms with van der Waals surface area (Å²) in [6, 6.07) is 3.00. The van der Waals surface area contributed by atoms with Crippen molar-refractivity contribution in [2.75, 3.05) is 0 Å². The predicted octanol–water partition coefficient (Wildman–Crippen LogP) is 0.906. The third-order valence-corrected chi connectivity index (χ3v) is 2.44. The van der Waals surface area contributed by atoms with Crippen molar-refractivity contribution in [3.05, 3.63) is 29.0 Å². The highest BCUT2D eigenvalue weighted by Gasteiger charge is 2.29. The first-order chi connectivity index (χ1) is 7.66. The molecule has 6 heteroatoms. The molecule has 1 aromatic heterocycles. The van der Waals surface area contributed by atoms with E-state index in [-0.39, 0.29) is 17.5 Å². The molecule has 16 heavy (non-hydrogen) atoms. The first kappa shape index (κ1) is 10.9. The molecule has 1 fully saturated rings. The zero-order chi connectivity index (χ0) is 11.5. The lowest BCUT2D eigenvalue weighted by atomic mass is 10.3. The molecule has 0 unspecified atom stereocenters. The third-order valence-electron chi connectivity index (χ3n) is 2.20. The lowest BCUT2D eigenvalue weighted by Gasteiger charge is -2.05. The molecule has 0 saturated heterocycles. The maximum Gasteiger partial charge on any atom is 0.288 e.